The molecule has 2 nitrogen and oxygen atoms in total. The number of phenols is 1. The van der Waals surface area contributed by atoms with Gasteiger partial charge in [-0.15, -0.1) is 11.3 Å². The maximum atomic E-state index is 10.3. The topological polar surface area (TPSA) is 40.5 Å². The fourth-order valence-electron chi connectivity index (χ4n) is 1.89. The van der Waals surface area contributed by atoms with Gasteiger partial charge >= 0.3 is 0 Å². The molecule has 0 bridgehead atoms. The standard InChI is InChI=1S/C16H20O2S/c1-16(2,3)15-9-8-14(19-15)13(18)10-11-4-6-12(17)7-5-11/h4-9,13,17-18H,10H2,1-3H3. The Labute approximate surface area is 118 Å². The van der Waals surface area contributed by atoms with Crippen LogP contribution in [0, 0.1) is 0 Å². The van der Waals surface area contributed by atoms with E-state index in [0.29, 0.717) is 6.42 Å². The monoisotopic (exact) mass is 276 g/mol. The minimum atomic E-state index is -0.481. The zero-order valence-corrected chi connectivity index (χ0v) is 12.4. The van der Waals surface area contributed by atoms with Crippen molar-refractivity contribution >= 4 is 11.3 Å². The summed E-state index contributed by atoms with van der Waals surface area (Å²) in [6, 6.07) is 11.1. The molecule has 0 saturated carbocycles. The Hall–Kier alpha value is -1.32. The lowest BCUT2D eigenvalue weighted by Gasteiger charge is -2.15. The summed E-state index contributed by atoms with van der Waals surface area (Å²) in [6.07, 6.45) is 0.0929. The highest BCUT2D eigenvalue weighted by Crippen LogP contribution is 2.33. The van der Waals surface area contributed by atoms with E-state index in [9.17, 15) is 10.2 Å². The first kappa shape index (κ1) is 14.1. The second-order valence-electron chi connectivity index (χ2n) is 5.84. The molecule has 0 aliphatic rings. The highest BCUT2D eigenvalue weighted by molar-refractivity contribution is 7.12. The molecule has 1 atom stereocenters. The molecule has 1 unspecified atom stereocenters. The molecule has 0 aliphatic heterocycles. The van der Waals surface area contributed by atoms with Crippen LogP contribution < -0.4 is 0 Å². The van der Waals surface area contributed by atoms with Crippen LogP contribution in [0.2, 0.25) is 0 Å². The fourth-order valence-corrected chi connectivity index (χ4v) is 2.94. The number of hydrogen-bond acceptors (Lipinski definition) is 3. The van der Waals surface area contributed by atoms with Gasteiger partial charge in [-0.1, -0.05) is 32.9 Å². The van der Waals surface area contributed by atoms with E-state index in [1.165, 1.54) is 4.88 Å². The van der Waals surface area contributed by atoms with Gasteiger partial charge in [0.15, 0.2) is 0 Å². The lowest BCUT2D eigenvalue weighted by molar-refractivity contribution is 0.182. The highest BCUT2D eigenvalue weighted by Gasteiger charge is 2.18. The minimum Gasteiger partial charge on any atom is -0.508 e. The quantitative estimate of drug-likeness (QED) is 0.888. The molecule has 0 radical (unpaired) electrons. The second kappa shape index (κ2) is 5.35. The van der Waals surface area contributed by atoms with Gasteiger partial charge in [0, 0.05) is 16.2 Å². The number of rotatable bonds is 3. The van der Waals surface area contributed by atoms with Crippen molar-refractivity contribution in [2.24, 2.45) is 0 Å². The SMILES string of the molecule is CC(C)(C)c1ccc(C(O)Cc2ccc(O)cc2)s1. The maximum Gasteiger partial charge on any atom is 0.115 e. The van der Waals surface area contributed by atoms with Crippen LogP contribution in [0.15, 0.2) is 36.4 Å². The number of phenolic OH excluding ortho intramolecular Hbond substituents is 1. The molecule has 1 heterocycles. The van der Waals surface area contributed by atoms with Gasteiger partial charge in [0.25, 0.3) is 0 Å². The fraction of sp³-hybridized carbons (Fsp3) is 0.375. The highest BCUT2D eigenvalue weighted by atomic mass is 32.1. The first-order valence-corrected chi connectivity index (χ1v) is 7.24. The molecule has 0 amide bonds. The second-order valence-corrected chi connectivity index (χ2v) is 6.95. The van der Waals surface area contributed by atoms with Gasteiger partial charge in [0.2, 0.25) is 0 Å². The van der Waals surface area contributed by atoms with Gasteiger partial charge in [-0.2, -0.15) is 0 Å². The Morgan fingerprint density at radius 3 is 2.21 bits per heavy atom. The number of benzene rings is 1. The summed E-state index contributed by atoms with van der Waals surface area (Å²) in [7, 11) is 0. The van der Waals surface area contributed by atoms with Crippen LogP contribution in [0.5, 0.6) is 5.75 Å². The summed E-state index contributed by atoms with van der Waals surface area (Å²) in [6.45, 7) is 6.53. The number of aliphatic hydroxyl groups excluding tert-OH is 1. The molecule has 3 heteroatoms. The third-order valence-corrected chi connectivity index (χ3v) is 4.67. The van der Waals surface area contributed by atoms with Crippen molar-refractivity contribution in [2.75, 3.05) is 0 Å². The van der Waals surface area contributed by atoms with Crippen LogP contribution >= 0.6 is 11.3 Å². The molecule has 1 aromatic heterocycles. The van der Waals surface area contributed by atoms with Gasteiger partial charge in [0.05, 0.1) is 6.10 Å². The van der Waals surface area contributed by atoms with E-state index in [4.69, 9.17) is 0 Å². The number of aromatic hydroxyl groups is 1. The van der Waals surface area contributed by atoms with Crippen LogP contribution in [0.25, 0.3) is 0 Å². The number of aliphatic hydroxyl groups is 1. The minimum absolute atomic E-state index is 0.126. The largest absolute Gasteiger partial charge is 0.508 e. The number of thiophene rings is 1. The summed E-state index contributed by atoms with van der Waals surface area (Å²) in [4.78, 5) is 2.28. The Morgan fingerprint density at radius 2 is 1.68 bits per heavy atom. The normalized spacial score (nSPS) is 13.5. The molecule has 0 fully saturated rings. The van der Waals surface area contributed by atoms with Gasteiger partial charge in [-0.3, -0.25) is 0 Å². The Bertz CT molecular complexity index is 535. The van der Waals surface area contributed by atoms with Gasteiger partial charge < -0.3 is 10.2 Å². The zero-order valence-electron chi connectivity index (χ0n) is 11.6. The molecular formula is C16H20O2S. The summed E-state index contributed by atoms with van der Waals surface area (Å²) >= 11 is 1.67. The molecule has 0 saturated heterocycles. The molecule has 2 aromatic rings. The van der Waals surface area contributed by atoms with Crippen LogP contribution in [0.4, 0.5) is 0 Å². The smallest absolute Gasteiger partial charge is 0.115 e. The lowest BCUT2D eigenvalue weighted by atomic mass is 9.95. The van der Waals surface area contributed by atoms with E-state index in [0.717, 1.165) is 10.4 Å². The molecule has 2 N–H and O–H groups in total. The Balaban J connectivity index is 2.09. The van der Waals surface area contributed by atoms with Gasteiger partial charge in [-0.25, -0.2) is 0 Å². The Kier molecular flexibility index (Phi) is 3.97. The molecule has 102 valence electrons. The zero-order chi connectivity index (χ0) is 14.0. The van der Waals surface area contributed by atoms with E-state index in [1.54, 1.807) is 23.5 Å². The summed E-state index contributed by atoms with van der Waals surface area (Å²) in [5.41, 5.74) is 1.15. The average molecular weight is 276 g/mol. The van der Waals surface area contributed by atoms with Crippen molar-refractivity contribution in [3.8, 4) is 5.75 Å². The lowest BCUT2D eigenvalue weighted by Crippen LogP contribution is -2.07. The van der Waals surface area contributed by atoms with Crippen molar-refractivity contribution in [1.29, 1.82) is 0 Å². The van der Waals surface area contributed by atoms with Crippen molar-refractivity contribution in [2.45, 2.75) is 38.7 Å². The van der Waals surface area contributed by atoms with Gasteiger partial charge in [-0.05, 0) is 35.2 Å². The predicted octanol–water partition coefficient (Wildman–Crippen LogP) is 4.03. The van der Waals surface area contributed by atoms with Crippen LogP contribution in [-0.4, -0.2) is 10.2 Å². The predicted molar refractivity (Wildman–Crippen MR) is 79.8 cm³/mol. The third-order valence-electron chi connectivity index (χ3n) is 3.06. The van der Waals surface area contributed by atoms with E-state index in [-0.39, 0.29) is 11.2 Å². The van der Waals surface area contributed by atoms with Crippen LogP contribution in [-0.2, 0) is 11.8 Å². The van der Waals surface area contributed by atoms with E-state index in [2.05, 4.69) is 26.8 Å². The van der Waals surface area contributed by atoms with Crippen molar-refractivity contribution in [3.63, 3.8) is 0 Å². The summed E-state index contributed by atoms with van der Waals surface area (Å²) < 4.78 is 0. The number of hydrogen-bond donors (Lipinski definition) is 2. The van der Waals surface area contributed by atoms with Crippen molar-refractivity contribution in [1.82, 2.24) is 0 Å². The molecule has 19 heavy (non-hydrogen) atoms. The first-order chi connectivity index (χ1) is 8.86. The third kappa shape index (κ3) is 3.58. The van der Waals surface area contributed by atoms with E-state index in [1.807, 2.05) is 18.2 Å². The molecule has 1 aromatic carbocycles. The molecular weight excluding hydrogens is 256 g/mol. The Morgan fingerprint density at radius 1 is 1.05 bits per heavy atom. The molecule has 0 aliphatic carbocycles. The molecule has 0 spiro atoms. The van der Waals surface area contributed by atoms with Crippen molar-refractivity contribution < 1.29 is 10.2 Å². The summed E-state index contributed by atoms with van der Waals surface area (Å²) in [5.74, 6) is 0.254. The maximum absolute atomic E-state index is 10.3. The molecule has 2 rings (SSSR count). The van der Waals surface area contributed by atoms with E-state index < -0.39 is 6.10 Å². The van der Waals surface area contributed by atoms with Crippen LogP contribution in [0.1, 0.15) is 42.2 Å². The first-order valence-electron chi connectivity index (χ1n) is 6.42. The van der Waals surface area contributed by atoms with Crippen molar-refractivity contribution in [3.05, 3.63) is 51.7 Å². The van der Waals surface area contributed by atoms with E-state index >= 15 is 0 Å². The summed E-state index contributed by atoms with van der Waals surface area (Å²) in [5, 5.41) is 19.5. The van der Waals surface area contributed by atoms with Gasteiger partial charge in [0.1, 0.15) is 5.75 Å². The van der Waals surface area contributed by atoms with Crippen LogP contribution in [0.3, 0.4) is 0 Å². The average Bonchev–Trinajstić information content (AvgIpc) is 2.81.